The number of hydrogen-bond donors (Lipinski definition) is 0. The van der Waals surface area contributed by atoms with Crippen LogP contribution in [0.1, 0.15) is 0 Å². The predicted molar refractivity (Wildman–Crippen MR) is 95.6 cm³/mol. The molecule has 0 aliphatic carbocycles. The average molecular weight is 309 g/mol. The molecule has 0 aliphatic rings. The standard InChI is InChI=1S/C14H28Si4/c1-15(2)11-17(5)13-18(12-16(3)4)14-9-7-6-8-10-14/h6-10,15-16H,11-13H2,1-5H3. The van der Waals surface area contributed by atoms with Gasteiger partial charge in [0.15, 0.2) is 0 Å². The van der Waals surface area contributed by atoms with Crippen LogP contribution in [0.5, 0.6) is 0 Å². The second kappa shape index (κ2) is 8.30. The van der Waals surface area contributed by atoms with E-state index in [1.165, 1.54) is 0 Å². The lowest BCUT2D eigenvalue weighted by molar-refractivity contribution is 1.59. The maximum absolute atomic E-state index is 2.59. The topological polar surface area (TPSA) is 0 Å². The van der Waals surface area contributed by atoms with Gasteiger partial charge in [0, 0.05) is 26.4 Å². The summed E-state index contributed by atoms with van der Waals surface area (Å²) in [7, 11) is -1.05. The number of hydrogen-bond acceptors (Lipinski definition) is 0. The molecule has 0 saturated heterocycles. The highest BCUT2D eigenvalue weighted by molar-refractivity contribution is 6.93. The third-order valence-corrected chi connectivity index (χ3v) is 19.7. The molecule has 4 heteroatoms. The van der Waals surface area contributed by atoms with Crippen molar-refractivity contribution in [1.82, 2.24) is 0 Å². The van der Waals surface area contributed by atoms with Crippen LogP contribution in [0.2, 0.25) is 49.7 Å². The Labute approximate surface area is 120 Å². The molecule has 0 nitrogen and oxygen atoms in total. The van der Waals surface area contributed by atoms with Gasteiger partial charge in [-0.3, -0.25) is 0 Å². The van der Waals surface area contributed by atoms with Crippen molar-refractivity contribution in [3.05, 3.63) is 30.3 Å². The maximum Gasteiger partial charge on any atom is 0.0796 e. The second-order valence-corrected chi connectivity index (χ2v) is 20.3. The zero-order chi connectivity index (χ0) is 13.5. The van der Waals surface area contributed by atoms with Gasteiger partial charge in [-0.1, -0.05) is 85.3 Å². The van der Waals surface area contributed by atoms with Gasteiger partial charge in [0.2, 0.25) is 0 Å². The van der Waals surface area contributed by atoms with E-state index in [9.17, 15) is 0 Å². The van der Waals surface area contributed by atoms with Gasteiger partial charge in [-0.05, 0) is 0 Å². The molecule has 0 unspecified atom stereocenters. The first-order valence-corrected chi connectivity index (χ1v) is 17.8. The van der Waals surface area contributed by atoms with E-state index in [1.807, 2.05) is 0 Å². The molecule has 0 bridgehead atoms. The number of rotatable bonds is 7. The Hall–Kier alpha value is 0.0875. The zero-order valence-corrected chi connectivity index (χ0v) is 17.0. The first kappa shape index (κ1) is 16.1. The Morgan fingerprint density at radius 2 is 1.44 bits per heavy atom. The van der Waals surface area contributed by atoms with E-state index >= 15 is 0 Å². The van der Waals surface area contributed by atoms with Crippen molar-refractivity contribution < 1.29 is 0 Å². The SMILES string of the molecule is C[Si](C[Si](C[SiH](C)C)c1ccccc1)C[SiH](C)C. The van der Waals surface area contributed by atoms with Crippen molar-refractivity contribution in [2.75, 3.05) is 0 Å². The van der Waals surface area contributed by atoms with E-state index in [1.54, 1.807) is 22.2 Å². The van der Waals surface area contributed by atoms with Crippen molar-refractivity contribution in [3.63, 3.8) is 0 Å². The molecule has 0 saturated carbocycles. The van der Waals surface area contributed by atoms with E-state index in [4.69, 9.17) is 0 Å². The van der Waals surface area contributed by atoms with Crippen LogP contribution in [0, 0.1) is 0 Å². The highest BCUT2D eigenvalue weighted by Crippen LogP contribution is 2.11. The first-order valence-electron chi connectivity index (χ1n) is 7.20. The molecule has 1 aromatic rings. The first-order chi connectivity index (χ1) is 8.49. The molecular weight excluding hydrogens is 280 g/mol. The van der Waals surface area contributed by atoms with E-state index in [2.05, 4.69) is 63.1 Å². The second-order valence-electron chi connectivity index (χ2n) is 6.30. The Bertz CT molecular complexity index is 324. The minimum Gasteiger partial charge on any atom is -0.0724 e. The van der Waals surface area contributed by atoms with Gasteiger partial charge in [-0.25, -0.2) is 0 Å². The van der Waals surface area contributed by atoms with Gasteiger partial charge in [-0.2, -0.15) is 0 Å². The summed E-state index contributed by atoms with van der Waals surface area (Å²) in [6.07, 6.45) is 0. The molecule has 100 valence electrons. The van der Waals surface area contributed by atoms with Crippen molar-refractivity contribution in [1.29, 1.82) is 0 Å². The van der Waals surface area contributed by atoms with E-state index in [0.29, 0.717) is 0 Å². The summed E-state index contributed by atoms with van der Waals surface area (Å²) in [4.78, 5) is 0. The summed E-state index contributed by atoms with van der Waals surface area (Å²) < 4.78 is 0. The van der Waals surface area contributed by atoms with Crippen LogP contribution in [-0.2, 0) is 0 Å². The quantitative estimate of drug-likeness (QED) is 0.679. The van der Waals surface area contributed by atoms with Crippen LogP contribution in [-0.4, -0.2) is 35.2 Å². The van der Waals surface area contributed by atoms with E-state index < -0.39 is 8.80 Å². The molecule has 0 aliphatic heterocycles. The highest BCUT2D eigenvalue weighted by Gasteiger charge is 2.20. The zero-order valence-electron chi connectivity index (χ0n) is 12.7. The lowest BCUT2D eigenvalue weighted by atomic mass is 10.4. The molecule has 0 fully saturated rings. The summed E-state index contributed by atoms with van der Waals surface area (Å²) in [5, 5.41) is 1.71. The molecule has 0 atom stereocenters. The van der Waals surface area contributed by atoms with Crippen molar-refractivity contribution in [2.45, 2.75) is 49.7 Å². The molecule has 0 amide bonds. The Morgan fingerprint density at radius 3 is 1.94 bits per heavy atom. The van der Waals surface area contributed by atoms with E-state index in [0.717, 1.165) is 0 Å². The smallest absolute Gasteiger partial charge is 0.0724 e. The van der Waals surface area contributed by atoms with Gasteiger partial charge in [0.05, 0.1) is 8.80 Å². The molecule has 0 spiro atoms. The Kier molecular flexibility index (Phi) is 7.44. The van der Waals surface area contributed by atoms with E-state index in [-0.39, 0.29) is 26.4 Å². The summed E-state index contributed by atoms with van der Waals surface area (Å²) in [5.74, 6) is 0. The fourth-order valence-corrected chi connectivity index (χ4v) is 21.2. The largest absolute Gasteiger partial charge is 0.0796 e. The van der Waals surface area contributed by atoms with Gasteiger partial charge >= 0.3 is 0 Å². The molecule has 18 heavy (non-hydrogen) atoms. The highest BCUT2D eigenvalue weighted by atomic mass is 28.4. The van der Waals surface area contributed by atoms with Crippen LogP contribution >= 0.6 is 0 Å². The van der Waals surface area contributed by atoms with Crippen molar-refractivity contribution in [2.24, 2.45) is 0 Å². The van der Waals surface area contributed by atoms with Crippen LogP contribution < -0.4 is 5.19 Å². The van der Waals surface area contributed by atoms with Crippen molar-refractivity contribution >= 4 is 40.4 Å². The third kappa shape index (κ3) is 6.31. The molecule has 1 rings (SSSR count). The minimum atomic E-state index is -0.420. The Balaban J connectivity index is 2.67. The number of benzene rings is 1. The van der Waals surface area contributed by atoms with Crippen LogP contribution in [0.4, 0.5) is 0 Å². The monoisotopic (exact) mass is 308 g/mol. The van der Waals surface area contributed by atoms with Crippen LogP contribution in [0.15, 0.2) is 30.3 Å². The van der Waals surface area contributed by atoms with Gasteiger partial charge < -0.3 is 0 Å². The van der Waals surface area contributed by atoms with Crippen molar-refractivity contribution in [3.8, 4) is 0 Å². The van der Waals surface area contributed by atoms with Crippen LogP contribution in [0.25, 0.3) is 0 Å². The fraction of sp³-hybridized carbons (Fsp3) is 0.571. The lowest BCUT2D eigenvalue weighted by Crippen LogP contribution is -2.37. The summed E-state index contributed by atoms with van der Waals surface area (Å²) in [6.45, 7) is 12.7. The normalized spacial score (nSPS) is 12.1. The third-order valence-electron chi connectivity index (χ3n) is 3.11. The Morgan fingerprint density at radius 1 is 0.889 bits per heavy atom. The molecular formula is C14H28Si4. The molecule has 2 radical (unpaired) electrons. The summed E-state index contributed by atoms with van der Waals surface area (Å²) in [5.41, 5.74) is 4.83. The van der Waals surface area contributed by atoms with Gasteiger partial charge in [0.25, 0.3) is 0 Å². The fourth-order valence-electron chi connectivity index (χ4n) is 2.59. The lowest BCUT2D eigenvalue weighted by Gasteiger charge is -2.21. The summed E-state index contributed by atoms with van der Waals surface area (Å²) in [6, 6.07) is 11.4. The average Bonchev–Trinajstić information content (AvgIpc) is 2.27. The van der Waals surface area contributed by atoms with Crippen LogP contribution in [0.3, 0.4) is 0 Å². The minimum absolute atomic E-state index is 0.0509. The predicted octanol–water partition coefficient (Wildman–Crippen LogP) is 3.10. The van der Waals surface area contributed by atoms with Gasteiger partial charge in [-0.15, -0.1) is 0 Å². The maximum atomic E-state index is 2.59. The molecule has 0 N–H and O–H groups in total. The summed E-state index contributed by atoms with van der Waals surface area (Å²) >= 11 is 0. The molecule has 0 heterocycles. The van der Waals surface area contributed by atoms with Gasteiger partial charge in [0.1, 0.15) is 0 Å². The molecule has 1 aromatic carbocycles. The molecule has 0 aromatic heterocycles.